The molecule has 9 nitrogen and oxygen atoms in total. The number of carbonyl (C=O) groups is 4. The molecule has 2 heterocycles. The molecule has 1 N–H and O–H groups in total. The van der Waals surface area contributed by atoms with Crippen molar-refractivity contribution < 1.29 is 28.3 Å². The van der Waals surface area contributed by atoms with Gasteiger partial charge in [0.05, 0.1) is 30.3 Å². The Bertz CT molecular complexity index is 1140. The fourth-order valence-corrected chi connectivity index (χ4v) is 4.28. The minimum Gasteiger partial charge on any atom is -0.442 e. The SMILES string of the molecule is CC(=O)NC[C@H]1CN(c2cc(F)c3c(c2)CCCC(C(=O)c2cc(C)n(C)n2)C3=O)C(=O)O1. The molecule has 1 unspecified atom stereocenters. The molecule has 33 heavy (non-hydrogen) atoms. The number of nitrogens with zero attached hydrogens (tertiary/aromatic N) is 3. The standard InChI is InChI=1S/C23H25FN4O5/c1-12-7-19(26-27(12)3)21(30)17-6-4-5-14-8-15(9-18(24)20(14)22(17)31)28-11-16(33-23(28)32)10-25-13(2)29/h7-9,16-17H,4-6,10-11H2,1-3H3,(H,25,29)/t16-,17?/m0/s1. The van der Waals surface area contributed by atoms with E-state index in [1.807, 2.05) is 0 Å². The molecule has 174 valence electrons. The number of cyclic esters (lactones) is 1. The number of hydrogen-bond donors (Lipinski definition) is 1. The molecule has 10 heteroatoms. The van der Waals surface area contributed by atoms with Crippen molar-refractivity contribution in [3.05, 3.63) is 46.5 Å². The average Bonchev–Trinajstić information content (AvgIpc) is 3.24. The molecule has 1 aromatic carbocycles. The van der Waals surface area contributed by atoms with E-state index < -0.39 is 35.5 Å². The third kappa shape index (κ3) is 4.37. The van der Waals surface area contributed by atoms with Crippen LogP contribution in [-0.2, 0) is 23.0 Å². The molecule has 1 aliphatic carbocycles. The highest BCUT2D eigenvalue weighted by molar-refractivity contribution is 6.16. The highest BCUT2D eigenvalue weighted by atomic mass is 19.1. The first kappa shape index (κ1) is 22.6. The Morgan fingerprint density at radius 2 is 2.03 bits per heavy atom. The van der Waals surface area contributed by atoms with Crippen molar-refractivity contribution in [2.75, 3.05) is 18.0 Å². The number of hydrogen-bond acceptors (Lipinski definition) is 6. The summed E-state index contributed by atoms with van der Waals surface area (Å²) in [5, 5.41) is 6.76. The van der Waals surface area contributed by atoms with E-state index in [9.17, 15) is 19.2 Å². The summed E-state index contributed by atoms with van der Waals surface area (Å²) < 4.78 is 22.0. The summed E-state index contributed by atoms with van der Waals surface area (Å²) >= 11 is 0. The summed E-state index contributed by atoms with van der Waals surface area (Å²) in [6.45, 7) is 3.46. The molecule has 2 atom stereocenters. The smallest absolute Gasteiger partial charge is 0.414 e. The zero-order valence-corrected chi connectivity index (χ0v) is 18.7. The fraction of sp³-hybridized carbons (Fsp3) is 0.435. The number of aryl methyl sites for hydroxylation is 3. The van der Waals surface area contributed by atoms with Crippen LogP contribution in [0.4, 0.5) is 14.9 Å². The number of anilines is 1. The van der Waals surface area contributed by atoms with Crippen LogP contribution in [0.2, 0.25) is 0 Å². The molecule has 1 aromatic heterocycles. The van der Waals surface area contributed by atoms with Crippen LogP contribution in [-0.4, -0.2) is 52.5 Å². The molecule has 0 bridgehead atoms. The van der Waals surface area contributed by atoms with Crippen LogP contribution >= 0.6 is 0 Å². The minimum absolute atomic E-state index is 0.107. The van der Waals surface area contributed by atoms with Gasteiger partial charge in [0, 0.05) is 19.7 Å². The lowest BCUT2D eigenvalue weighted by Crippen LogP contribution is -2.33. The molecular formula is C23H25FN4O5. The monoisotopic (exact) mass is 456 g/mol. The van der Waals surface area contributed by atoms with Gasteiger partial charge in [0.1, 0.15) is 17.6 Å². The second kappa shape index (κ2) is 8.76. The number of aromatic nitrogens is 2. The van der Waals surface area contributed by atoms with Gasteiger partial charge in [-0.25, -0.2) is 9.18 Å². The number of ketones is 2. The van der Waals surface area contributed by atoms with E-state index in [1.165, 1.54) is 11.8 Å². The summed E-state index contributed by atoms with van der Waals surface area (Å²) in [5.41, 5.74) is 1.61. The molecule has 1 saturated heterocycles. The van der Waals surface area contributed by atoms with Crippen LogP contribution in [0.25, 0.3) is 0 Å². The summed E-state index contributed by atoms with van der Waals surface area (Å²) in [6.07, 6.45) is -0.00697. The van der Waals surface area contributed by atoms with Crippen molar-refractivity contribution in [3.8, 4) is 0 Å². The largest absolute Gasteiger partial charge is 0.442 e. The lowest BCUT2D eigenvalue weighted by Gasteiger charge is -2.17. The predicted octanol–water partition coefficient (Wildman–Crippen LogP) is 2.35. The maximum absolute atomic E-state index is 15.2. The molecular weight excluding hydrogens is 431 g/mol. The van der Waals surface area contributed by atoms with E-state index in [4.69, 9.17) is 4.74 Å². The third-order valence-electron chi connectivity index (χ3n) is 6.11. The molecule has 0 radical (unpaired) electrons. The summed E-state index contributed by atoms with van der Waals surface area (Å²) in [7, 11) is 1.71. The number of nitrogens with one attached hydrogen (secondary N) is 1. The summed E-state index contributed by atoms with van der Waals surface area (Å²) in [6, 6.07) is 4.35. The maximum Gasteiger partial charge on any atom is 0.414 e. The van der Waals surface area contributed by atoms with Crippen LogP contribution in [0.15, 0.2) is 18.2 Å². The highest BCUT2D eigenvalue weighted by Gasteiger charge is 2.37. The van der Waals surface area contributed by atoms with Gasteiger partial charge >= 0.3 is 6.09 Å². The lowest BCUT2D eigenvalue weighted by atomic mass is 9.89. The van der Waals surface area contributed by atoms with Crippen LogP contribution in [0, 0.1) is 18.7 Å². The first-order chi connectivity index (χ1) is 15.7. The Morgan fingerprint density at radius 1 is 1.27 bits per heavy atom. The molecule has 2 aromatic rings. The number of halogens is 1. The number of ether oxygens (including phenoxy) is 1. The minimum atomic E-state index is -1.00. The molecule has 2 aliphatic rings. The maximum atomic E-state index is 15.2. The van der Waals surface area contributed by atoms with E-state index >= 15 is 4.39 Å². The molecule has 4 rings (SSSR count). The Labute approximate surface area is 189 Å². The van der Waals surface area contributed by atoms with Crippen molar-refractivity contribution in [3.63, 3.8) is 0 Å². The molecule has 1 fully saturated rings. The average molecular weight is 456 g/mol. The van der Waals surface area contributed by atoms with Crippen LogP contribution in [0.5, 0.6) is 0 Å². The first-order valence-corrected chi connectivity index (χ1v) is 10.8. The third-order valence-corrected chi connectivity index (χ3v) is 6.11. The normalized spacial score (nSPS) is 20.3. The Morgan fingerprint density at radius 3 is 2.70 bits per heavy atom. The summed E-state index contributed by atoms with van der Waals surface area (Å²) in [5.74, 6) is -3.00. The Kier molecular flexibility index (Phi) is 6.01. The molecule has 2 amide bonds. The number of fused-ring (bicyclic) bond motifs is 1. The van der Waals surface area contributed by atoms with Crippen LogP contribution in [0.1, 0.15) is 51.9 Å². The molecule has 0 saturated carbocycles. The first-order valence-electron chi connectivity index (χ1n) is 10.8. The van der Waals surface area contributed by atoms with Crippen LogP contribution < -0.4 is 10.2 Å². The van der Waals surface area contributed by atoms with Gasteiger partial charge in [-0.05, 0) is 49.9 Å². The van der Waals surface area contributed by atoms with Crippen molar-refractivity contribution in [1.29, 1.82) is 0 Å². The van der Waals surface area contributed by atoms with E-state index in [0.717, 1.165) is 11.8 Å². The fourth-order valence-electron chi connectivity index (χ4n) is 4.28. The predicted molar refractivity (Wildman–Crippen MR) is 116 cm³/mol. The number of Topliss-reactive ketones (excluding diaryl/α,β-unsaturated/α-hetero) is 2. The van der Waals surface area contributed by atoms with E-state index in [-0.39, 0.29) is 35.9 Å². The second-order valence-corrected chi connectivity index (χ2v) is 8.48. The second-order valence-electron chi connectivity index (χ2n) is 8.48. The zero-order chi connectivity index (χ0) is 23.9. The van der Waals surface area contributed by atoms with Gasteiger partial charge in [-0.3, -0.25) is 24.0 Å². The van der Waals surface area contributed by atoms with Gasteiger partial charge in [-0.15, -0.1) is 0 Å². The number of carbonyl (C=O) groups excluding carboxylic acids is 4. The van der Waals surface area contributed by atoms with Gasteiger partial charge in [0.15, 0.2) is 11.6 Å². The van der Waals surface area contributed by atoms with E-state index in [0.29, 0.717) is 24.8 Å². The highest BCUT2D eigenvalue weighted by Crippen LogP contribution is 2.33. The number of amides is 2. The lowest BCUT2D eigenvalue weighted by molar-refractivity contribution is -0.119. The van der Waals surface area contributed by atoms with Crippen molar-refractivity contribution >= 4 is 29.3 Å². The van der Waals surface area contributed by atoms with E-state index in [2.05, 4.69) is 10.4 Å². The summed E-state index contributed by atoms with van der Waals surface area (Å²) in [4.78, 5) is 50.9. The van der Waals surface area contributed by atoms with Gasteiger partial charge in [-0.1, -0.05) is 0 Å². The van der Waals surface area contributed by atoms with Gasteiger partial charge in [0.25, 0.3) is 0 Å². The van der Waals surface area contributed by atoms with Gasteiger partial charge in [-0.2, -0.15) is 5.10 Å². The number of rotatable bonds is 5. The van der Waals surface area contributed by atoms with E-state index in [1.54, 1.807) is 30.8 Å². The van der Waals surface area contributed by atoms with Gasteiger partial charge < -0.3 is 10.1 Å². The topological polar surface area (TPSA) is 111 Å². The Balaban J connectivity index is 1.59. The van der Waals surface area contributed by atoms with Crippen molar-refractivity contribution in [2.24, 2.45) is 13.0 Å². The van der Waals surface area contributed by atoms with Gasteiger partial charge in [0.2, 0.25) is 5.91 Å². The van der Waals surface area contributed by atoms with Crippen LogP contribution in [0.3, 0.4) is 0 Å². The Hall–Kier alpha value is -3.56. The van der Waals surface area contributed by atoms with Crippen molar-refractivity contribution in [2.45, 2.75) is 39.2 Å². The zero-order valence-electron chi connectivity index (χ0n) is 18.7. The van der Waals surface area contributed by atoms with Crippen molar-refractivity contribution in [1.82, 2.24) is 15.1 Å². The quantitative estimate of drug-likeness (QED) is 0.420. The molecule has 0 spiro atoms. The molecule has 1 aliphatic heterocycles. The number of benzene rings is 1.